The Bertz CT molecular complexity index is 1280. The zero-order valence-electron chi connectivity index (χ0n) is 16.5. The third-order valence-corrected chi connectivity index (χ3v) is 5.91. The predicted octanol–water partition coefficient (Wildman–Crippen LogP) is 4.74. The van der Waals surface area contributed by atoms with Gasteiger partial charge in [-0.3, -0.25) is 9.36 Å². The van der Waals surface area contributed by atoms with Crippen LogP contribution >= 0.6 is 0 Å². The maximum absolute atomic E-state index is 13.5. The van der Waals surface area contributed by atoms with Crippen molar-refractivity contribution in [3.63, 3.8) is 0 Å². The summed E-state index contributed by atoms with van der Waals surface area (Å²) in [4.78, 5) is 25.8. The van der Waals surface area contributed by atoms with Gasteiger partial charge in [0, 0.05) is 17.3 Å². The molecule has 0 saturated heterocycles. The number of nitrogens with one attached hydrogen (secondary N) is 1. The summed E-state index contributed by atoms with van der Waals surface area (Å²) in [6.45, 7) is 0. The minimum atomic E-state index is -0.886. The van der Waals surface area contributed by atoms with Crippen LogP contribution < -0.4 is 5.32 Å². The fourth-order valence-corrected chi connectivity index (χ4v) is 4.53. The first-order valence-electron chi connectivity index (χ1n) is 9.79. The molecule has 1 N–H and O–H groups in total. The third kappa shape index (κ3) is 2.55. The highest BCUT2D eigenvalue weighted by atomic mass is 16.5. The van der Waals surface area contributed by atoms with Crippen molar-refractivity contribution in [2.75, 3.05) is 12.4 Å². The molecular formula is C25H20N2O3. The molecular weight excluding hydrogens is 376 g/mol. The van der Waals surface area contributed by atoms with E-state index in [2.05, 4.69) is 5.32 Å². The number of carbonyl (C=O) groups is 2. The number of aromatic nitrogens is 1. The number of nitrogens with zero attached hydrogens (tertiary/aromatic N) is 1. The van der Waals surface area contributed by atoms with Crippen LogP contribution in [0.15, 0.2) is 85.1 Å². The second-order valence-electron chi connectivity index (χ2n) is 7.46. The summed E-state index contributed by atoms with van der Waals surface area (Å²) in [5.41, 5.74) is 3.46. The lowest BCUT2D eigenvalue weighted by Gasteiger charge is -2.28. The van der Waals surface area contributed by atoms with Crippen molar-refractivity contribution in [2.45, 2.75) is 11.8 Å². The molecule has 5 rings (SSSR count). The van der Waals surface area contributed by atoms with Crippen LogP contribution in [0, 0.1) is 0 Å². The minimum Gasteiger partial charge on any atom is -0.452 e. The van der Waals surface area contributed by atoms with Crippen LogP contribution in [0.2, 0.25) is 0 Å². The molecule has 4 aromatic rings. The van der Waals surface area contributed by atoms with Crippen molar-refractivity contribution in [2.24, 2.45) is 0 Å². The Balaban J connectivity index is 1.75. The summed E-state index contributed by atoms with van der Waals surface area (Å²) in [5.74, 6) is -0.0650. The van der Waals surface area contributed by atoms with E-state index in [0.717, 1.165) is 33.3 Å². The third-order valence-electron chi connectivity index (χ3n) is 5.91. The maximum Gasteiger partial charge on any atom is 0.418 e. The first-order chi connectivity index (χ1) is 14.6. The Hall–Kier alpha value is -3.86. The summed E-state index contributed by atoms with van der Waals surface area (Å²) >= 11 is 0. The number of methoxy groups -OCH3 is 1. The number of para-hydroxylation sites is 2. The van der Waals surface area contributed by atoms with Gasteiger partial charge >= 0.3 is 6.09 Å². The Morgan fingerprint density at radius 1 is 0.967 bits per heavy atom. The number of ether oxygens (including phenoxy) is 1. The lowest BCUT2D eigenvalue weighted by atomic mass is 9.71. The van der Waals surface area contributed by atoms with Gasteiger partial charge in [-0.15, -0.1) is 0 Å². The van der Waals surface area contributed by atoms with Gasteiger partial charge in [-0.25, -0.2) is 4.79 Å². The van der Waals surface area contributed by atoms with Crippen LogP contribution in [0.3, 0.4) is 0 Å². The normalized spacial score (nSPS) is 17.6. The van der Waals surface area contributed by atoms with Crippen LogP contribution in [0.5, 0.6) is 0 Å². The fourth-order valence-electron chi connectivity index (χ4n) is 4.53. The lowest BCUT2D eigenvalue weighted by molar-refractivity contribution is -0.119. The Labute approximate surface area is 173 Å². The molecule has 5 nitrogen and oxygen atoms in total. The van der Waals surface area contributed by atoms with Crippen molar-refractivity contribution in [1.82, 2.24) is 4.57 Å². The van der Waals surface area contributed by atoms with Gasteiger partial charge < -0.3 is 10.1 Å². The monoisotopic (exact) mass is 396 g/mol. The zero-order chi connectivity index (χ0) is 20.7. The molecule has 148 valence electrons. The average Bonchev–Trinajstić information content (AvgIpc) is 3.30. The van der Waals surface area contributed by atoms with E-state index < -0.39 is 11.5 Å². The molecule has 0 spiro atoms. The van der Waals surface area contributed by atoms with Crippen molar-refractivity contribution in [3.05, 3.63) is 102 Å². The number of hydrogen-bond donors (Lipinski definition) is 1. The molecule has 1 atom stereocenters. The highest BCUT2D eigenvalue weighted by Crippen LogP contribution is 2.46. The van der Waals surface area contributed by atoms with Crippen molar-refractivity contribution >= 4 is 28.6 Å². The van der Waals surface area contributed by atoms with Crippen molar-refractivity contribution < 1.29 is 14.3 Å². The molecule has 0 bridgehead atoms. The van der Waals surface area contributed by atoms with E-state index in [1.54, 1.807) is 6.20 Å². The van der Waals surface area contributed by atoms with E-state index in [1.807, 2.05) is 78.9 Å². The van der Waals surface area contributed by atoms with Crippen LogP contribution in [-0.4, -0.2) is 23.7 Å². The molecule has 0 fully saturated rings. The molecule has 0 aliphatic carbocycles. The highest BCUT2D eigenvalue weighted by molar-refractivity contribution is 6.09. The van der Waals surface area contributed by atoms with Gasteiger partial charge in [0.05, 0.1) is 12.6 Å². The van der Waals surface area contributed by atoms with E-state index in [1.165, 1.54) is 11.7 Å². The molecule has 1 amide bonds. The molecule has 30 heavy (non-hydrogen) atoms. The largest absolute Gasteiger partial charge is 0.452 e. The summed E-state index contributed by atoms with van der Waals surface area (Å²) in [7, 11) is 1.36. The standard InChI is InChI=1S/C25H20N2O3/c1-30-24(29)27-16-17(19-11-5-8-14-22(19)27)15-25(18-9-3-2-4-10-18)20-12-6-7-13-21(20)26-23(25)28/h2-14,16H,15H2,1H3,(H,26,28)/t25-/m0/s1. The molecule has 0 unspecified atom stereocenters. The molecule has 1 aromatic heterocycles. The topological polar surface area (TPSA) is 60.3 Å². The average molecular weight is 396 g/mol. The SMILES string of the molecule is COC(=O)n1cc(C[C@@]2(c3ccccc3)C(=O)Nc3ccccc32)c2ccccc21. The minimum absolute atomic E-state index is 0.0650. The van der Waals surface area contributed by atoms with Crippen LogP contribution in [0.25, 0.3) is 10.9 Å². The van der Waals surface area contributed by atoms with Gasteiger partial charge in [-0.05, 0) is 35.2 Å². The van der Waals surface area contributed by atoms with Crippen LogP contribution in [0.4, 0.5) is 10.5 Å². The number of anilines is 1. The maximum atomic E-state index is 13.5. The molecule has 5 heteroatoms. The van der Waals surface area contributed by atoms with E-state index in [4.69, 9.17) is 4.74 Å². The van der Waals surface area contributed by atoms with Gasteiger partial charge in [-0.1, -0.05) is 66.7 Å². The van der Waals surface area contributed by atoms with Gasteiger partial charge in [0.25, 0.3) is 0 Å². The Morgan fingerprint density at radius 2 is 1.67 bits per heavy atom. The van der Waals surface area contributed by atoms with Crippen LogP contribution in [0.1, 0.15) is 16.7 Å². The van der Waals surface area contributed by atoms with E-state index >= 15 is 0 Å². The number of rotatable bonds is 3. The number of fused-ring (bicyclic) bond motifs is 2. The Kier molecular flexibility index (Phi) is 4.17. The van der Waals surface area contributed by atoms with E-state index in [0.29, 0.717) is 6.42 Å². The number of benzene rings is 3. The summed E-state index contributed by atoms with van der Waals surface area (Å²) in [6.07, 6.45) is 1.75. The van der Waals surface area contributed by atoms with Crippen LogP contribution in [-0.2, 0) is 21.4 Å². The molecule has 1 aliphatic rings. The number of carbonyl (C=O) groups excluding carboxylic acids is 2. The van der Waals surface area contributed by atoms with Gasteiger partial charge in [-0.2, -0.15) is 0 Å². The summed E-state index contributed by atoms with van der Waals surface area (Å²) in [5, 5.41) is 3.98. The first kappa shape index (κ1) is 18.2. The summed E-state index contributed by atoms with van der Waals surface area (Å²) in [6, 6.07) is 25.3. The molecule has 0 saturated carbocycles. The molecule has 0 radical (unpaired) electrons. The smallest absolute Gasteiger partial charge is 0.418 e. The first-order valence-corrected chi connectivity index (χ1v) is 9.79. The molecule has 3 aromatic carbocycles. The highest BCUT2D eigenvalue weighted by Gasteiger charge is 2.48. The predicted molar refractivity (Wildman–Crippen MR) is 116 cm³/mol. The van der Waals surface area contributed by atoms with Gasteiger partial charge in [0.2, 0.25) is 5.91 Å². The van der Waals surface area contributed by atoms with Crippen molar-refractivity contribution in [3.8, 4) is 0 Å². The second kappa shape index (κ2) is 6.88. The van der Waals surface area contributed by atoms with E-state index in [-0.39, 0.29) is 5.91 Å². The second-order valence-corrected chi connectivity index (χ2v) is 7.46. The quantitative estimate of drug-likeness (QED) is 0.544. The summed E-state index contributed by atoms with van der Waals surface area (Å²) < 4.78 is 6.46. The number of hydrogen-bond acceptors (Lipinski definition) is 3. The Morgan fingerprint density at radius 3 is 2.47 bits per heavy atom. The van der Waals surface area contributed by atoms with Crippen molar-refractivity contribution in [1.29, 1.82) is 0 Å². The zero-order valence-corrected chi connectivity index (χ0v) is 16.5. The van der Waals surface area contributed by atoms with E-state index in [9.17, 15) is 9.59 Å². The van der Waals surface area contributed by atoms with Gasteiger partial charge in [0.15, 0.2) is 0 Å². The fraction of sp³-hybridized carbons (Fsp3) is 0.120. The number of amides is 1. The van der Waals surface area contributed by atoms with Gasteiger partial charge in [0.1, 0.15) is 5.41 Å². The molecule has 1 aliphatic heterocycles. The lowest BCUT2D eigenvalue weighted by Crippen LogP contribution is -2.38. The molecule has 2 heterocycles.